The van der Waals surface area contributed by atoms with Crippen LogP contribution in [0.4, 0.5) is 11.5 Å². The number of nitrogen functional groups attached to an aromatic ring is 2. The summed E-state index contributed by atoms with van der Waals surface area (Å²) >= 11 is 0. The molecule has 0 bridgehead atoms. The van der Waals surface area contributed by atoms with Crippen LogP contribution in [0.2, 0.25) is 0 Å². The molecule has 1 aromatic carbocycles. The lowest BCUT2D eigenvalue weighted by Crippen LogP contribution is -2.26. The van der Waals surface area contributed by atoms with Crippen LogP contribution in [-0.4, -0.2) is 5.11 Å². The Balaban J connectivity index is 2.94. The first-order valence-corrected chi connectivity index (χ1v) is 3.50. The van der Waals surface area contributed by atoms with Crippen LogP contribution in [0.25, 0.3) is 11.0 Å². The third kappa shape index (κ3) is 0.851. The van der Waals surface area contributed by atoms with Gasteiger partial charge in [0, 0.05) is 0 Å². The zero-order chi connectivity index (χ0) is 9.59. The molecule has 0 spiro atoms. The quantitative estimate of drug-likeness (QED) is 0.299. The number of aromatic hydroxyl groups is 1. The lowest BCUT2D eigenvalue weighted by molar-refractivity contribution is -0.776. The molecule has 13 heavy (non-hydrogen) atoms. The monoisotopic (exact) mass is 181 g/mol. The molecule has 1 aromatic heterocycles. The Morgan fingerprint density at radius 2 is 2.08 bits per heavy atom. The highest BCUT2D eigenvalue weighted by atomic mass is 16.7. The number of phenolic OH excluding ortho intramolecular Hbond substituents is 1. The summed E-state index contributed by atoms with van der Waals surface area (Å²) in [6.45, 7) is 0. The smallest absolute Gasteiger partial charge is 0.322 e. The molecule has 0 radical (unpaired) electrons. The zero-order valence-corrected chi connectivity index (χ0v) is 6.52. The standard InChI is InChI=1S/C7H7N3O3/c8-4-2-1-3-6(5(4)11)13-10(12)7(3)9/h1-2,11H,8-9H2. The topological polar surface area (TPSA) is 112 Å². The number of benzene rings is 1. The van der Waals surface area contributed by atoms with Crippen molar-refractivity contribution in [3.8, 4) is 5.75 Å². The number of fused-ring (bicyclic) bond motifs is 1. The van der Waals surface area contributed by atoms with E-state index >= 15 is 0 Å². The Bertz CT molecular complexity index is 477. The van der Waals surface area contributed by atoms with Gasteiger partial charge in [0.1, 0.15) is 5.58 Å². The fourth-order valence-electron chi connectivity index (χ4n) is 1.11. The lowest BCUT2D eigenvalue weighted by Gasteiger charge is -1.98. The molecular weight excluding hydrogens is 174 g/mol. The van der Waals surface area contributed by atoms with Gasteiger partial charge in [-0.15, -0.1) is 0 Å². The van der Waals surface area contributed by atoms with E-state index in [4.69, 9.17) is 11.5 Å². The van der Waals surface area contributed by atoms with Gasteiger partial charge >= 0.3 is 5.82 Å². The molecule has 0 fully saturated rings. The highest BCUT2D eigenvalue weighted by Gasteiger charge is 2.13. The second-order valence-corrected chi connectivity index (χ2v) is 2.61. The zero-order valence-electron chi connectivity index (χ0n) is 6.52. The average molecular weight is 181 g/mol. The van der Waals surface area contributed by atoms with Crippen molar-refractivity contribution >= 4 is 22.5 Å². The molecule has 68 valence electrons. The van der Waals surface area contributed by atoms with Crippen LogP contribution in [0.3, 0.4) is 0 Å². The van der Waals surface area contributed by atoms with E-state index in [9.17, 15) is 10.3 Å². The summed E-state index contributed by atoms with van der Waals surface area (Å²) in [4.78, 5) is 0.129. The molecule has 0 aliphatic carbocycles. The first-order valence-electron chi connectivity index (χ1n) is 3.50. The third-order valence-electron chi connectivity index (χ3n) is 1.81. The Hall–Kier alpha value is -2.11. The van der Waals surface area contributed by atoms with Crippen LogP contribution in [0, 0.1) is 5.21 Å². The summed E-state index contributed by atoms with van der Waals surface area (Å²) in [5, 5.41) is 20.6. The van der Waals surface area contributed by atoms with E-state index in [0.29, 0.717) is 5.39 Å². The molecule has 0 amide bonds. The summed E-state index contributed by atoms with van der Waals surface area (Å²) < 4.78 is 4.62. The van der Waals surface area contributed by atoms with Gasteiger partial charge in [-0.1, -0.05) is 0 Å². The number of aromatic nitrogens is 1. The van der Waals surface area contributed by atoms with Crippen molar-refractivity contribution in [2.45, 2.75) is 0 Å². The van der Waals surface area contributed by atoms with Crippen LogP contribution in [0.1, 0.15) is 0 Å². The van der Waals surface area contributed by atoms with Gasteiger partial charge in [0.05, 0.1) is 11.1 Å². The fourth-order valence-corrected chi connectivity index (χ4v) is 1.11. The highest BCUT2D eigenvalue weighted by Crippen LogP contribution is 2.32. The van der Waals surface area contributed by atoms with Gasteiger partial charge in [-0.3, -0.25) is 5.73 Å². The number of nitrogens with zero attached hydrogens (tertiary/aromatic N) is 1. The van der Waals surface area contributed by atoms with E-state index in [0.717, 1.165) is 0 Å². The van der Waals surface area contributed by atoms with Crippen molar-refractivity contribution in [3.05, 3.63) is 17.3 Å². The number of anilines is 2. The van der Waals surface area contributed by atoms with Gasteiger partial charge in [0.2, 0.25) is 0 Å². The number of rotatable bonds is 0. The number of hydrogen-bond donors (Lipinski definition) is 3. The Morgan fingerprint density at radius 3 is 2.77 bits per heavy atom. The minimum Gasteiger partial charge on any atom is -0.504 e. The fraction of sp³-hybridized carbons (Fsp3) is 0. The summed E-state index contributed by atoms with van der Waals surface area (Å²) in [6, 6.07) is 2.96. The molecule has 0 unspecified atom stereocenters. The molecule has 0 saturated carbocycles. The van der Waals surface area contributed by atoms with Gasteiger partial charge < -0.3 is 20.6 Å². The molecule has 2 aromatic rings. The maximum Gasteiger partial charge on any atom is 0.322 e. The van der Waals surface area contributed by atoms with Gasteiger partial charge in [0.15, 0.2) is 5.75 Å². The lowest BCUT2D eigenvalue weighted by atomic mass is 10.2. The van der Waals surface area contributed by atoms with Crippen molar-refractivity contribution < 1.29 is 14.5 Å². The predicted molar refractivity (Wildman–Crippen MR) is 45.7 cm³/mol. The molecular formula is C7H7N3O3. The first-order chi connectivity index (χ1) is 6.11. The second kappa shape index (κ2) is 2.19. The molecule has 1 heterocycles. The van der Waals surface area contributed by atoms with Crippen LogP contribution in [-0.2, 0) is 0 Å². The molecule has 0 atom stereocenters. The van der Waals surface area contributed by atoms with E-state index in [1.807, 2.05) is 0 Å². The van der Waals surface area contributed by atoms with Crippen LogP contribution in [0.5, 0.6) is 5.75 Å². The van der Waals surface area contributed by atoms with Crippen molar-refractivity contribution in [1.29, 1.82) is 0 Å². The number of nitrogens with two attached hydrogens (primary N) is 2. The predicted octanol–water partition coefficient (Wildman–Crippen LogP) is -0.0638. The van der Waals surface area contributed by atoms with E-state index in [-0.39, 0.29) is 27.7 Å². The molecule has 0 aliphatic rings. The Kier molecular flexibility index (Phi) is 1.27. The molecule has 0 aliphatic heterocycles. The average Bonchev–Trinajstić information content (AvgIpc) is 2.38. The van der Waals surface area contributed by atoms with E-state index < -0.39 is 0 Å². The largest absolute Gasteiger partial charge is 0.504 e. The highest BCUT2D eigenvalue weighted by molar-refractivity contribution is 5.93. The maximum atomic E-state index is 10.9. The first kappa shape index (κ1) is 7.53. The van der Waals surface area contributed by atoms with Gasteiger partial charge in [-0.2, -0.15) is 0 Å². The normalized spacial score (nSPS) is 10.8. The number of hydrogen-bond acceptors (Lipinski definition) is 5. The summed E-state index contributed by atoms with van der Waals surface area (Å²) in [5.74, 6) is -0.357. The Morgan fingerprint density at radius 1 is 1.38 bits per heavy atom. The Labute approximate surface area is 72.5 Å². The molecule has 2 rings (SSSR count). The summed E-state index contributed by atoms with van der Waals surface area (Å²) in [5.41, 5.74) is 10.9. The van der Waals surface area contributed by atoms with Crippen LogP contribution < -0.4 is 16.4 Å². The van der Waals surface area contributed by atoms with Crippen molar-refractivity contribution in [3.63, 3.8) is 0 Å². The third-order valence-corrected chi connectivity index (χ3v) is 1.81. The minimum absolute atomic E-state index is 0.00694. The van der Waals surface area contributed by atoms with Gasteiger partial charge in [-0.05, 0) is 17.0 Å². The molecule has 5 N–H and O–H groups in total. The SMILES string of the molecule is Nc1ccc2c(N)[n+]([O-])oc2c1O. The minimum atomic E-state index is -0.265. The van der Waals surface area contributed by atoms with Crippen LogP contribution in [0.15, 0.2) is 16.7 Å². The van der Waals surface area contributed by atoms with Crippen LogP contribution >= 0.6 is 0 Å². The van der Waals surface area contributed by atoms with Crippen molar-refractivity contribution in [2.24, 2.45) is 0 Å². The van der Waals surface area contributed by atoms with Gasteiger partial charge in [0.25, 0.3) is 0 Å². The maximum absolute atomic E-state index is 10.9. The van der Waals surface area contributed by atoms with E-state index in [1.165, 1.54) is 12.1 Å². The van der Waals surface area contributed by atoms with Crippen molar-refractivity contribution in [1.82, 2.24) is 0 Å². The number of phenols is 1. The van der Waals surface area contributed by atoms with Gasteiger partial charge in [-0.25, -0.2) is 0 Å². The molecule has 0 saturated heterocycles. The summed E-state index contributed by atoms with van der Waals surface area (Å²) in [7, 11) is 0. The van der Waals surface area contributed by atoms with Crippen molar-refractivity contribution in [2.75, 3.05) is 11.5 Å². The molecule has 6 heteroatoms. The molecule has 6 nitrogen and oxygen atoms in total. The second-order valence-electron chi connectivity index (χ2n) is 2.61. The van der Waals surface area contributed by atoms with E-state index in [2.05, 4.69) is 4.52 Å². The summed E-state index contributed by atoms with van der Waals surface area (Å²) in [6.07, 6.45) is 0. The van der Waals surface area contributed by atoms with E-state index in [1.54, 1.807) is 0 Å².